The number of allylic oxidation sites excluding steroid dienone is 8. The quantitative estimate of drug-likeness (QED) is 0.0228. The van der Waals surface area contributed by atoms with Gasteiger partial charge in [0.05, 0.1) is 6.61 Å². The monoisotopic (exact) mass is 1090 g/mol. The number of aliphatic carboxylic acids is 1. The summed E-state index contributed by atoms with van der Waals surface area (Å²) in [4.78, 5) is 51.2. The lowest BCUT2D eigenvalue weighted by Crippen LogP contribution is -2.61. The minimum absolute atomic E-state index is 0.0501. The van der Waals surface area contributed by atoms with Crippen LogP contribution in [0.4, 0.5) is 0 Å². The van der Waals surface area contributed by atoms with E-state index in [-0.39, 0.29) is 25.9 Å². The fourth-order valence-corrected chi connectivity index (χ4v) is 9.45. The fraction of sp³-hybridized carbons (Fsp3) is 0.815. The summed E-state index contributed by atoms with van der Waals surface area (Å²) in [5.74, 6) is -3.13. The number of ether oxygens (including phenoxy) is 5. The highest BCUT2D eigenvalue weighted by Gasteiger charge is 2.50. The second-order valence-electron chi connectivity index (χ2n) is 21.7. The third-order valence-electron chi connectivity index (χ3n) is 14.3. The van der Waals surface area contributed by atoms with Crippen LogP contribution in [0.2, 0.25) is 0 Å². The van der Waals surface area contributed by atoms with Crippen molar-refractivity contribution in [1.82, 2.24) is 0 Å². The smallest absolute Gasteiger partial charge is 0.335 e. The van der Waals surface area contributed by atoms with E-state index >= 15 is 0 Å². The maximum atomic E-state index is 13.1. The Bertz CT molecular complexity index is 1520. The normalized spacial score (nSPS) is 18.3. The second-order valence-corrected chi connectivity index (χ2v) is 21.7. The van der Waals surface area contributed by atoms with E-state index in [1.54, 1.807) is 0 Å². The zero-order valence-electron chi connectivity index (χ0n) is 49.2. The minimum Gasteiger partial charge on any atom is -0.479 e. The Morgan fingerprint density at radius 2 is 0.805 bits per heavy atom. The van der Waals surface area contributed by atoms with Crippen LogP contribution >= 0.6 is 0 Å². The third kappa shape index (κ3) is 43.2. The van der Waals surface area contributed by atoms with Gasteiger partial charge in [0.25, 0.3) is 0 Å². The molecule has 0 aromatic rings. The molecule has 1 fully saturated rings. The molecule has 0 aromatic carbocycles. The number of hydrogen-bond donors (Lipinski definition) is 3. The molecule has 0 aromatic heterocycles. The first-order valence-corrected chi connectivity index (χ1v) is 31.6. The molecule has 1 saturated heterocycles. The van der Waals surface area contributed by atoms with Crippen LogP contribution in [-0.2, 0) is 42.9 Å². The Labute approximate surface area is 469 Å². The average molecular weight is 1090 g/mol. The van der Waals surface area contributed by atoms with E-state index in [4.69, 9.17) is 23.7 Å². The van der Waals surface area contributed by atoms with Crippen LogP contribution in [-0.4, -0.2) is 89.2 Å². The lowest BCUT2D eigenvalue weighted by atomic mass is 9.98. The van der Waals surface area contributed by atoms with Crippen LogP contribution in [0.5, 0.6) is 0 Å². The molecule has 3 N–H and O–H groups in total. The molecule has 446 valence electrons. The van der Waals surface area contributed by atoms with Crippen molar-refractivity contribution in [2.75, 3.05) is 13.2 Å². The van der Waals surface area contributed by atoms with Crippen molar-refractivity contribution in [2.45, 2.75) is 327 Å². The van der Waals surface area contributed by atoms with Gasteiger partial charge in [-0.1, -0.05) is 223 Å². The van der Waals surface area contributed by atoms with E-state index in [2.05, 4.69) is 69.4 Å². The van der Waals surface area contributed by atoms with Crippen molar-refractivity contribution in [3.05, 3.63) is 48.6 Å². The van der Waals surface area contributed by atoms with Crippen LogP contribution in [0.3, 0.4) is 0 Å². The van der Waals surface area contributed by atoms with Crippen LogP contribution in [0.1, 0.15) is 290 Å². The molecule has 1 rings (SSSR count). The number of esters is 3. The van der Waals surface area contributed by atoms with E-state index in [0.717, 1.165) is 109 Å². The largest absolute Gasteiger partial charge is 0.479 e. The number of carbonyl (C=O) groups is 4. The zero-order chi connectivity index (χ0) is 56.1. The van der Waals surface area contributed by atoms with Crippen LogP contribution < -0.4 is 0 Å². The van der Waals surface area contributed by atoms with Gasteiger partial charge in [0.15, 0.2) is 24.6 Å². The molecular formula is C65H114O12. The Morgan fingerprint density at radius 1 is 0.429 bits per heavy atom. The molecule has 0 bridgehead atoms. The maximum Gasteiger partial charge on any atom is 0.335 e. The van der Waals surface area contributed by atoms with Crippen molar-refractivity contribution in [3.63, 3.8) is 0 Å². The first-order valence-electron chi connectivity index (χ1n) is 31.6. The summed E-state index contributed by atoms with van der Waals surface area (Å²) in [7, 11) is 0. The van der Waals surface area contributed by atoms with Gasteiger partial charge in [0, 0.05) is 19.3 Å². The van der Waals surface area contributed by atoms with Crippen molar-refractivity contribution in [3.8, 4) is 0 Å². The summed E-state index contributed by atoms with van der Waals surface area (Å²) in [6, 6.07) is 0. The number of rotatable bonds is 54. The molecule has 12 nitrogen and oxygen atoms in total. The van der Waals surface area contributed by atoms with Crippen molar-refractivity contribution in [1.29, 1.82) is 0 Å². The summed E-state index contributed by atoms with van der Waals surface area (Å²) < 4.78 is 28.5. The molecule has 0 aliphatic carbocycles. The summed E-state index contributed by atoms with van der Waals surface area (Å²) in [5.41, 5.74) is 0. The van der Waals surface area contributed by atoms with Crippen molar-refractivity contribution in [2.24, 2.45) is 0 Å². The number of carboxylic acid groups (broad SMARTS) is 1. The molecule has 0 radical (unpaired) electrons. The van der Waals surface area contributed by atoms with Crippen LogP contribution in [0, 0.1) is 0 Å². The van der Waals surface area contributed by atoms with E-state index in [9.17, 15) is 34.5 Å². The number of aliphatic hydroxyl groups excluding tert-OH is 2. The topological polar surface area (TPSA) is 175 Å². The Morgan fingerprint density at radius 3 is 1.23 bits per heavy atom. The highest BCUT2D eigenvalue weighted by Crippen LogP contribution is 2.27. The minimum atomic E-state index is -1.91. The molecule has 1 aliphatic rings. The van der Waals surface area contributed by atoms with E-state index in [1.807, 2.05) is 0 Å². The van der Waals surface area contributed by atoms with Gasteiger partial charge >= 0.3 is 23.9 Å². The standard InChI is InChI=1S/C65H114O12/c1-4-7-10-13-16-19-22-25-27-28-29-30-32-34-36-39-42-45-48-51-57(66)73-54-56(75-58(67)52-49-46-43-40-37-33-24-21-18-15-12-9-6-3)55-74-65-63(61(70)60(69)62(77-65)64(71)72)76-59(68)53-50-47-44-41-38-35-31-26-23-20-17-14-11-8-5-2/h12,15,21,24-27,31,56,60-63,65,69-70H,4-11,13-14,16-20,22-23,28-30,32-55H2,1-3H3,(H,71,72)/b15-12-,24-21-,27-25-,31-26-. The lowest BCUT2D eigenvalue weighted by Gasteiger charge is -2.40. The van der Waals surface area contributed by atoms with E-state index in [0.29, 0.717) is 19.3 Å². The van der Waals surface area contributed by atoms with E-state index < -0.39 is 67.3 Å². The summed E-state index contributed by atoms with van der Waals surface area (Å²) in [6.45, 7) is 5.93. The molecule has 12 heteroatoms. The van der Waals surface area contributed by atoms with Crippen LogP contribution in [0.15, 0.2) is 48.6 Å². The Kier molecular flexibility index (Phi) is 49.7. The summed E-state index contributed by atoms with van der Waals surface area (Å²) in [6.07, 6.45) is 52.2. The first kappa shape index (κ1) is 71.7. The molecule has 1 aliphatic heterocycles. The van der Waals surface area contributed by atoms with Gasteiger partial charge in [-0.15, -0.1) is 0 Å². The molecule has 6 atom stereocenters. The SMILES string of the molecule is CCC/C=C\C/C=C\CCCCCCCC(=O)OC(COC(=O)CCCCCCCCCCC/C=C\CCCCCCCC)COC1OC(C(=O)O)C(O)C(O)C1OC(=O)CCCCCCC/C=C\CCCCCCCC. The van der Waals surface area contributed by atoms with Crippen LogP contribution in [0.25, 0.3) is 0 Å². The summed E-state index contributed by atoms with van der Waals surface area (Å²) >= 11 is 0. The van der Waals surface area contributed by atoms with Gasteiger partial charge in [0.2, 0.25) is 0 Å². The number of unbranched alkanes of at least 4 members (excludes halogenated alkanes) is 32. The van der Waals surface area contributed by atoms with E-state index in [1.165, 1.54) is 122 Å². The third-order valence-corrected chi connectivity index (χ3v) is 14.3. The van der Waals surface area contributed by atoms with Gasteiger partial charge in [-0.3, -0.25) is 14.4 Å². The number of hydrogen-bond acceptors (Lipinski definition) is 11. The maximum absolute atomic E-state index is 13.1. The molecule has 0 saturated carbocycles. The molecule has 0 spiro atoms. The molecule has 0 amide bonds. The zero-order valence-corrected chi connectivity index (χ0v) is 49.2. The van der Waals surface area contributed by atoms with Gasteiger partial charge < -0.3 is 39.0 Å². The number of aliphatic hydroxyl groups is 2. The number of carbonyl (C=O) groups excluding carboxylic acids is 3. The van der Waals surface area contributed by atoms with Gasteiger partial charge in [-0.25, -0.2) is 4.79 Å². The predicted octanol–water partition coefficient (Wildman–Crippen LogP) is 16.6. The molecular weight excluding hydrogens is 973 g/mol. The average Bonchev–Trinajstić information content (AvgIpc) is 3.42. The van der Waals surface area contributed by atoms with Gasteiger partial charge in [-0.2, -0.15) is 0 Å². The van der Waals surface area contributed by atoms with Gasteiger partial charge in [-0.05, 0) is 96.3 Å². The van der Waals surface area contributed by atoms with Gasteiger partial charge in [0.1, 0.15) is 18.8 Å². The predicted molar refractivity (Wildman–Crippen MR) is 312 cm³/mol. The molecule has 77 heavy (non-hydrogen) atoms. The Balaban J connectivity index is 2.65. The van der Waals surface area contributed by atoms with Crippen molar-refractivity contribution < 1.29 is 58.2 Å². The molecule has 1 heterocycles. The first-order chi connectivity index (χ1) is 37.6. The Hall–Kier alpha value is -3.32. The highest BCUT2D eigenvalue weighted by atomic mass is 16.7. The number of carboxylic acids is 1. The highest BCUT2D eigenvalue weighted by molar-refractivity contribution is 5.74. The second kappa shape index (κ2) is 53.3. The van der Waals surface area contributed by atoms with Crippen molar-refractivity contribution >= 4 is 23.9 Å². The summed E-state index contributed by atoms with van der Waals surface area (Å²) in [5, 5.41) is 31.5. The lowest BCUT2D eigenvalue weighted by molar-refractivity contribution is -0.301. The molecule has 6 unspecified atom stereocenters. The fourth-order valence-electron chi connectivity index (χ4n) is 9.45.